The Hall–Kier alpha value is -2.08. The van der Waals surface area contributed by atoms with Gasteiger partial charge in [0, 0.05) is 18.8 Å². The number of H-pyrrole nitrogens is 1. The van der Waals surface area contributed by atoms with Gasteiger partial charge in [-0.2, -0.15) is 0 Å². The number of anilines is 1. The SMILES string of the molecule is CCN(c1cccc(C)c1)S(=O)(=O)c1ccc(=O)[nH]c1. The lowest BCUT2D eigenvalue weighted by molar-refractivity contribution is 0.591. The third kappa shape index (κ3) is 2.75. The first-order chi connectivity index (χ1) is 9.45. The number of nitrogens with zero attached hydrogens (tertiary/aromatic N) is 1. The van der Waals surface area contributed by atoms with Crippen molar-refractivity contribution >= 4 is 15.7 Å². The minimum Gasteiger partial charge on any atom is -0.328 e. The van der Waals surface area contributed by atoms with Crippen LogP contribution in [0.2, 0.25) is 0 Å². The molecule has 0 amide bonds. The summed E-state index contributed by atoms with van der Waals surface area (Å²) in [7, 11) is -3.67. The molecule has 5 nitrogen and oxygen atoms in total. The van der Waals surface area contributed by atoms with Crippen molar-refractivity contribution in [1.29, 1.82) is 0 Å². The third-order valence-electron chi connectivity index (χ3n) is 2.92. The molecule has 0 atom stereocenters. The molecule has 6 heteroatoms. The molecule has 0 radical (unpaired) electrons. The van der Waals surface area contributed by atoms with Gasteiger partial charge < -0.3 is 4.98 Å². The monoisotopic (exact) mass is 292 g/mol. The number of nitrogens with one attached hydrogen (secondary N) is 1. The van der Waals surface area contributed by atoms with Crippen molar-refractivity contribution in [2.45, 2.75) is 18.7 Å². The number of aromatic nitrogens is 1. The molecule has 0 aliphatic heterocycles. The summed E-state index contributed by atoms with van der Waals surface area (Å²) in [4.78, 5) is 13.5. The molecule has 0 bridgehead atoms. The summed E-state index contributed by atoms with van der Waals surface area (Å²) in [6.07, 6.45) is 1.22. The van der Waals surface area contributed by atoms with Crippen molar-refractivity contribution in [3.8, 4) is 0 Å². The fourth-order valence-corrected chi connectivity index (χ4v) is 3.39. The van der Waals surface area contributed by atoms with Crippen molar-refractivity contribution < 1.29 is 8.42 Å². The Labute approximate surface area is 117 Å². The lowest BCUT2D eigenvalue weighted by Crippen LogP contribution is -2.31. The largest absolute Gasteiger partial charge is 0.328 e. The summed E-state index contributed by atoms with van der Waals surface area (Å²) < 4.78 is 26.5. The molecule has 1 N–H and O–H groups in total. The van der Waals surface area contributed by atoms with Gasteiger partial charge in [0.1, 0.15) is 4.90 Å². The van der Waals surface area contributed by atoms with E-state index in [9.17, 15) is 13.2 Å². The number of aryl methyl sites for hydroxylation is 1. The van der Waals surface area contributed by atoms with E-state index in [-0.39, 0.29) is 10.5 Å². The van der Waals surface area contributed by atoms with Crippen LogP contribution in [0.3, 0.4) is 0 Å². The van der Waals surface area contributed by atoms with Gasteiger partial charge in [-0.1, -0.05) is 12.1 Å². The van der Waals surface area contributed by atoms with Crippen LogP contribution in [0.4, 0.5) is 5.69 Å². The first-order valence-electron chi connectivity index (χ1n) is 6.23. The Bertz CT molecular complexity index is 745. The summed E-state index contributed by atoms with van der Waals surface area (Å²) in [6, 6.07) is 9.80. The third-order valence-corrected chi connectivity index (χ3v) is 4.82. The highest BCUT2D eigenvalue weighted by Crippen LogP contribution is 2.23. The molecule has 2 aromatic rings. The number of sulfonamides is 1. The van der Waals surface area contributed by atoms with Crippen molar-refractivity contribution in [2.24, 2.45) is 0 Å². The van der Waals surface area contributed by atoms with Crippen LogP contribution in [-0.2, 0) is 10.0 Å². The van der Waals surface area contributed by atoms with E-state index in [1.165, 1.54) is 22.6 Å². The molecule has 20 heavy (non-hydrogen) atoms. The number of aromatic amines is 1. The summed E-state index contributed by atoms with van der Waals surface area (Å²) in [5.74, 6) is 0. The molecule has 0 spiro atoms. The Morgan fingerprint density at radius 1 is 1.20 bits per heavy atom. The summed E-state index contributed by atoms with van der Waals surface area (Å²) in [5, 5.41) is 0. The molecule has 1 aromatic carbocycles. The van der Waals surface area contributed by atoms with E-state index in [4.69, 9.17) is 0 Å². The van der Waals surface area contributed by atoms with Crippen LogP contribution in [0.15, 0.2) is 52.3 Å². The predicted octanol–water partition coefficient (Wildman–Crippen LogP) is 1.90. The smallest absolute Gasteiger partial charge is 0.265 e. The van der Waals surface area contributed by atoms with Gasteiger partial charge in [0.15, 0.2) is 0 Å². The summed E-state index contributed by atoms with van der Waals surface area (Å²) in [5.41, 5.74) is 1.26. The zero-order valence-electron chi connectivity index (χ0n) is 11.3. The molecule has 1 aromatic heterocycles. The summed E-state index contributed by atoms with van der Waals surface area (Å²) in [6.45, 7) is 3.99. The second-order valence-corrected chi connectivity index (χ2v) is 6.26. The number of benzene rings is 1. The molecule has 0 saturated heterocycles. The first-order valence-corrected chi connectivity index (χ1v) is 7.67. The minimum atomic E-state index is -3.67. The fraction of sp³-hybridized carbons (Fsp3) is 0.214. The molecule has 0 aliphatic carbocycles. The van der Waals surface area contributed by atoms with Crippen molar-refractivity contribution in [3.63, 3.8) is 0 Å². The molecule has 0 saturated carbocycles. The van der Waals surface area contributed by atoms with Crippen LogP contribution in [-0.4, -0.2) is 19.9 Å². The second kappa shape index (κ2) is 5.50. The van der Waals surface area contributed by atoms with Crippen molar-refractivity contribution in [2.75, 3.05) is 10.8 Å². The highest BCUT2D eigenvalue weighted by molar-refractivity contribution is 7.92. The standard InChI is InChI=1S/C14H16N2O3S/c1-3-16(12-6-4-5-11(2)9-12)20(18,19)13-7-8-14(17)15-10-13/h4-10H,3H2,1-2H3,(H,15,17). The van der Waals surface area contributed by atoms with E-state index in [0.29, 0.717) is 12.2 Å². The first kappa shape index (κ1) is 14.3. The maximum absolute atomic E-state index is 12.6. The van der Waals surface area contributed by atoms with E-state index in [2.05, 4.69) is 4.98 Å². The average Bonchev–Trinajstić information content (AvgIpc) is 2.40. The topological polar surface area (TPSA) is 70.2 Å². The van der Waals surface area contributed by atoms with Gasteiger partial charge in [-0.15, -0.1) is 0 Å². The molecule has 1 heterocycles. The van der Waals surface area contributed by atoms with Crippen molar-refractivity contribution in [3.05, 3.63) is 58.5 Å². The van der Waals surface area contributed by atoms with Gasteiger partial charge in [-0.3, -0.25) is 9.10 Å². The quantitative estimate of drug-likeness (QED) is 0.935. The minimum absolute atomic E-state index is 0.0699. The van der Waals surface area contributed by atoms with Crippen LogP contribution in [0.25, 0.3) is 0 Å². The van der Waals surface area contributed by atoms with Gasteiger partial charge in [0.05, 0.1) is 5.69 Å². The van der Waals surface area contributed by atoms with Gasteiger partial charge in [-0.25, -0.2) is 8.42 Å². The zero-order chi connectivity index (χ0) is 14.8. The molecular formula is C14H16N2O3S. The molecular weight excluding hydrogens is 276 g/mol. The van der Waals surface area contributed by atoms with E-state index < -0.39 is 10.0 Å². The number of pyridine rings is 1. The maximum atomic E-state index is 12.6. The Morgan fingerprint density at radius 3 is 2.50 bits per heavy atom. The summed E-state index contributed by atoms with van der Waals surface area (Å²) >= 11 is 0. The van der Waals surface area contributed by atoms with Gasteiger partial charge in [0.25, 0.3) is 10.0 Å². The Morgan fingerprint density at radius 2 is 1.95 bits per heavy atom. The van der Waals surface area contributed by atoms with Gasteiger partial charge in [0.2, 0.25) is 5.56 Å². The Kier molecular flexibility index (Phi) is 3.94. The Balaban J connectivity index is 2.50. The fourth-order valence-electron chi connectivity index (χ4n) is 1.96. The predicted molar refractivity (Wildman–Crippen MR) is 78.4 cm³/mol. The highest BCUT2D eigenvalue weighted by atomic mass is 32.2. The zero-order valence-corrected chi connectivity index (χ0v) is 12.1. The molecule has 2 rings (SSSR count). The van der Waals surface area contributed by atoms with Crippen LogP contribution < -0.4 is 9.86 Å². The van der Waals surface area contributed by atoms with Crippen molar-refractivity contribution in [1.82, 2.24) is 4.98 Å². The van der Waals surface area contributed by atoms with E-state index in [1.54, 1.807) is 13.0 Å². The average molecular weight is 292 g/mol. The lowest BCUT2D eigenvalue weighted by atomic mass is 10.2. The second-order valence-electron chi connectivity index (χ2n) is 4.40. The number of rotatable bonds is 4. The normalized spacial score (nSPS) is 11.3. The van der Waals surface area contributed by atoms with Gasteiger partial charge in [-0.05, 0) is 37.6 Å². The van der Waals surface area contributed by atoms with Gasteiger partial charge >= 0.3 is 0 Å². The van der Waals surface area contributed by atoms with E-state index in [1.807, 2.05) is 25.1 Å². The molecule has 106 valence electrons. The molecule has 0 aliphatic rings. The van der Waals surface area contributed by atoms with Crippen LogP contribution in [0.1, 0.15) is 12.5 Å². The van der Waals surface area contributed by atoms with Crippen LogP contribution in [0.5, 0.6) is 0 Å². The maximum Gasteiger partial charge on any atom is 0.265 e. The van der Waals surface area contributed by atoms with Crippen LogP contribution in [0, 0.1) is 6.92 Å². The molecule has 0 fully saturated rings. The lowest BCUT2D eigenvalue weighted by Gasteiger charge is -2.23. The highest BCUT2D eigenvalue weighted by Gasteiger charge is 2.23. The molecule has 0 unspecified atom stereocenters. The van der Waals surface area contributed by atoms with Crippen LogP contribution >= 0.6 is 0 Å². The van der Waals surface area contributed by atoms with E-state index in [0.717, 1.165) is 5.56 Å². The van der Waals surface area contributed by atoms with E-state index >= 15 is 0 Å². The number of hydrogen-bond donors (Lipinski definition) is 1. The number of hydrogen-bond acceptors (Lipinski definition) is 3.